The van der Waals surface area contributed by atoms with E-state index in [1.165, 1.54) is 0 Å². The van der Waals surface area contributed by atoms with Crippen molar-refractivity contribution in [3.8, 4) is 6.07 Å². The molecule has 2 saturated heterocycles. The monoisotopic (exact) mass is 975 g/mol. The lowest BCUT2D eigenvalue weighted by Crippen LogP contribution is -2.50. The smallest absolute Gasteiger partial charge is 0.187 e. The molecule has 4 atom stereocenters. The van der Waals surface area contributed by atoms with Gasteiger partial charge in [-0.15, -0.1) is 0 Å². The Labute approximate surface area is 412 Å². The second-order valence-corrected chi connectivity index (χ2v) is 18.1. The average molecular weight is 978 g/mol. The van der Waals surface area contributed by atoms with E-state index in [1.54, 1.807) is 37.4 Å². The molecule has 66 heavy (non-hydrogen) atoms. The number of aliphatic hydroxyl groups is 1. The van der Waals surface area contributed by atoms with Gasteiger partial charge in [-0.3, -0.25) is 9.80 Å². The highest BCUT2D eigenvalue weighted by Gasteiger charge is 2.35. The van der Waals surface area contributed by atoms with Gasteiger partial charge < -0.3 is 19.6 Å². The fourth-order valence-electron chi connectivity index (χ4n) is 8.76. The molecule has 6 aromatic rings. The number of halogens is 5. The van der Waals surface area contributed by atoms with E-state index in [0.29, 0.717) is 55.2 Å². The normalized spacial score (nSPS) is 17.4. The van der Waals surface area contributed by atoms with E-state index >= 15 is 0 Å². The van der Waals surface area contributed by atoms with E-state index in [4.69, 9.17) is 75.9 Å². The van der Waals surface area contributed by atoms with Crippen LogP contribution in [0.5, 0.6) is 0 Å². The molecule has 1 N–H and O–H groups in total. The number of rotatable bonds is 11. The zero-order chi connectivity index (χ0) is 46.7. The predicted molar refractivity (Wildman–Crippen MR) is 269 cm³/mol. The first-order chi connectivity index (χ1) is 32.0. The number of piperazine rings is 2. The Morgan fingerprint density at radius 1 is 0.606 bits per heavy atom. The number of nitriles is 1. The maximum absolute atomic E-state index is 10.2. The van der Waals surface area contributed by atoms with Crippen LogP contribution in [0.2, 0.25) is 25.1 Å². The molecule has 2 aliphatic rings. The molecule has 0 unspecified atom stereocenters. The van der Waals surface area contributed by atoms with Gasteiger partial charge in [0, 0.05) is 61.4 Å². The molecular formula is C52H46Cl5N7O2. The summed E-state index contributed by atoms with van der Waals surface area (Å²) in [6.07, 6.45) is 0. The summed E-state index contributed by atoms with van der Waals surface area (Å²) in [5, 5.41) is 22.6. The Bertz CT molecular complexity index is 2700. The summed E-state index contributed by atoms with van der Waals surface area (Å²) >= 11 is 31.6. The molecule has 0 spiro atoms. The van der Waals surface area contributed by atoms with E-state index in [-0.39, 0.29) is 30.8 Å². The van der Waals surface area contributed by atoms with Gasteiger partial charge in [0.25, 0.3) is 0 Å². The van der Waals surface area contributed by atoms with Gasteiger partial charge in [0.05, 0.1) is 83.6 Å². The Kier molecular flexibility index (Phi) is 16.9. The van der Waals surface area contributed by atoms with Crippen molar-refractivity contribution in [2.45, 2.75) is 24.2 Å². The molecule has 0 bridgehead atoms. The summed E-state index contributed by atoms with van der Waals surface area (Å²) in [6, 6.07) is 44.0. The zero-order valence-corrected chi connectivity index (χ0v) is 39.8. The highest BCUT2D eigenvalue weighted by atomic mass is 35.5. The third-order valence-corrected chi connectivity index (χ3v) is 13.5. The number of anilines is 2. The largest absolute Gasteiger partial charge is 0.394 e. The van der Waals surface area contributed by atoms with Gasteiger partial charge in [-0.05, 0) is 82.9 Å². The third kappa shape index (κ3) is 11.6. The number of hydrogen-bond donors (Lipinski definition) is 1. The molecule has 0 aromatic heterocycles. The number of hydrogen-bond acceptors (Lipinski definition) is 7. The molecule has 0 saturated carbocycles. The van der Waals surface area contributed by atoms with E-state index in [9.17, 15) is 10.4 Å². The van der Waals surface area contributed by atoms with Crippen LogP contribution in [-0.4, -0.2) is 74.5 Å². The van der Waals surface area contributed by atoms with Gasteiger partial charge in [-0.25, -0.2) is 9.69 Å². The van der Waals surface area contributed by atoms with Crippen LogP contribution in [0.1, 0.15) is 52.0 Å². The van der Waals surface area contributed by atoms with Gasteiger partial charge in [-0.2, -0.15) is 5.26 Å². The van der Waals surface area contributed by atoms with Crippen molar-refractivity contribution < 1.29 is 9.84 Å². The van der Waals surface area contributed by atoms with Crippen molar-refractivity contribution in [2.24, 2.45) is 0 Å². The lowest BCUT2D eigenvalue weighted by Gasteiger charge is -2.46. The topological polar surface area (TPSA) is 74.9 Å². The quantitative estimate of drug-likeness (QED) is 0.130. The second kappa shape index (κ2) is 22.9. The summed E-state index contributed by atoms with van der Waals surface area (Å²) in [6.45, 7) is 19.4. The first-order valence-electron chi connectivity index (χ1n) is 21.3. The van der Waals surface area contributed by atoms with E-state index in [0.717, 1.165) is 66.4 Å². The highest BCUT2D eigenvalue weighted by Crippen LogP contribution is 2.40. The van der Waals surface area contributed by atoms with Crippen molar-refractivity contribution in [2.75, 3.05) is 69.4 Å². The first kappa shape index (κ1) is 48.6. The number of benzene rings is 6. The first-order valence-corrected chi connectivity index (χ1v) is 23.1. The van der Waals surface area contributed by atoms with Gasteiger partial charge >= 0.3 is 0 Å². The van der Waals surface area contributed by atoms with Crippen LogP contribution in [0.3, 0.4) is 0 Å². The van der Waals surface area contributed by atoms with Crippen LogP contribution >= 0.6 is 58.0 Å². The predicted octanol–water partition coefficient (Wildman–Crippen LogP) is 13.5. The minimum absolute atomic E-state index is 0.00754. The molecule has 0 radical (unpaired) electrons. The van der Waals surface area contributed by atoms with Crippen molar-refractivity contribution in [3.63, 3.8) is 0 Å². The van der Waals surface area contributed by atoms with Crippen LogP contribution in [-0.2, 0) is 4.74 Å². The molecule has 0 aliphatic carbocycles. The van der Waals surface area contributed by atoms with E-state index in [2.05, 4.69) is 47.5 Å². The molecule has 14 heteroatoms. The summed E-state index contributed by atoms with van der Waals surface area (Å²) < 4.78 is 5.60. The number of nitrogens with zero attached hydrogens (tertiary/aromatic N) is 7. The summed E-state index contributed by atoms with van der Waals surface area (Å²) in [7, 11) is 1.71. The van der Waals surface area contributed by atoms with Crippen LogP contribution in [0.15, 0.2) is 133 Å². The Hall–Kier alpha value is -5.32. The minimum Gasteiger partial charge on any atom is -0.394 e. The molecule has 6 aromatic carbocycles. The summed E-state index contributed by atoms with van der Waals surface area (Å²) in [5.41, 5.74) is 7.95. The zero-order valence-electron chi connectivity index (χ0n) is 36.0. The minimum atomic E-state index is -0.160. The van der Waals surface area contributed by atoms with Gasteiger partial charge in [0.1, 0.15) is 0 Å². The summed E-state index contributed by atoms with van der Waals surface area (Å²) in [4.78, 5) is 16.3. The SMILES string of the molecule is [C-]#[N+]c1ccc([C@@H](CO)N2CCN(c3ccc(Cl)cc3Cl)[C@H](c3ccc(Cl)cc3)C2)cc1.[C-]#[N+]c1ccc([C@@H](COC)N2CCN(c3ccc(C#N)cc3Cl)[C@H](c3ccc(Cl)cc3)C2)cc1. The fourth-order valence-corrected chi connectivity index (χ4v) is 9.82. The highest BCUT2D eigenvalue weighted by molar-refractivity contribution is 6.36. The van der Waals surface area contributed by atoms with Crippen molar-refractivity contribution in [1.29, 1.82) is 5.26 Å². The van der Waals surface area contributed by atoms with Crippen LogP contribution < -0.4 is 9.80 Å². The Morgan fingerprint density at radius 2 is 1.05 bits per heavy atom. The Balaban J connectivity index is 0.000000197. The molecule has 2 fully saturated rings. The molecule has 2 aliphatic heterocycles. The Morgan fingerprint density at radius 3 is 1.47 bits per heavy atom. The van der Waals surface area contributed by atoms with Gasteiger partial charge in [0.2, 0.25) is 0 Å². The molecule has 9 nitrogen and oxygen atoms in total. The van der Waals surface area contributed by atoms with Crippen molar-refractivity contribution in [1.82, 2.24) is 9.80 Å². The summed E-state index contributed by atoms with van der Waals surface area (Å²) in [5.74, 6) is 0. The third-order valence-electron chi connectivity index (χ3n) is 12.1. The average Bonchev–Trinajstić information content (AvgIpc) is 3.34. The standard InChI is InChI=1S/C27H24Cl2N4O.C25H22Cl3N3O/c1-31-23-10-6-21(7-11-23)27(18-34-2)32-13-14-33(25-12-3-19(16-30)15-24(25)29)26(17-32)20-4-8-22(28)9-5-20;1-29-21-9-4-18(5-10-21)25(16-32)30-12-13-31(23-11-8-20(27)14-22(23)28)24(15-30)17-2-6-19(26)7-3-17/h3-12,15,26-27H,13-14,17-18H2,2H3;2-11,14,24-25,32H,12-13,15-16H2/t26-,27+;24-,25+/m00/s1. The molecule has 2 heterocycles. The van der Waals surface area contributed by atoms with Crippen LogP contribution in [0, 0.1) is 24.5 Å². The maximum Gasteiger partial charge on any atom is 0.187 e. The van der Waals surface area contributed by atoms with Crippen LogP contribution in [0.25, 0.3) is 9.69 Å². The maximum atomic E-state index is 10.2. The lowest BCUT2D eigenvalue weighted by molar-refractivity contribution is 0.0758. The molecule has 0 amide bonds. The number of ether oxygens (including phenoxy) is 1. The fraction of sp³-hybridized carbons (Fsp3) is 0.250. The van der Waals surface area contributed by atoms with Crippen LogP contribution in [0.4, 0.5) is 22.7 Å². The second-order valence-electron chi connectivity index (χ2n) is 16.0. The molecular weight excluding hydrogens is 932 g/mol. The lowest BCUT2D eigenvalue weighted by atomic mass is 9.97. The van der Waals surface area contributed by atoms with Crippen molar-refractivity contribution in [3.05, 3.63) is 209 Å². The van der Waals surface area contributed by atoms with E-state index in [1.807, 2.05) is 91.0 Å². The molecule has 8 rings (SSSR count). The van der Waals surface area contributed by atoms with E-state index < -0.39 is 0 Å². The number of aliphatic hydroxyl groups excluding tert-OH is 1. The van der Waals surface area contributed by atoms with Crippen molar-refractivity contribution >= 4 is 80.8 Å². The number of methoxy groups -OCH3 is 1. The van der Waals surface area contributed by atoms with Gasteiger partial charge in [-0.1, -0.05) is 131 Å². The molecule has 336 valence electrons. The van der Waals surface area contributed by atoms with Gasteiger partial charge in [0.15, 0.2) is 11.4 Å².